The zero-order valence-corrected chi connectivity index (χ0v) is 17.7. The zero-order valence-electron chi connectivity index (χ0n) is 16.9. The van der Waals surface area contributed by atoms with E-state index in [2.05, 4.69) is 6.07 Å². The highest BCUT2D eigenvalue weighted by molar-refractivity contribution is 7.18. The van der Waals surface area contributed by atoms with Crippen molar-refractivity contribution in [2.45, 2.75) is 44.6 Å². The number of nitrogens with zero attached hydrogens (tertiary/aromatic N) is 3. The molecule has 5 rings (SSSR count). The predicted molar refractivity (Wildman–Crippen MR) is 120 cm³/mol. The number of fused-ring (bicyclic) bond motifs is 1. The molecule has 0 saturated carbocycles. The molecule has 0 radical (unpaired) electrons. The second-order valence-corrected chi connectivity index (χ2v) is 9.14. The van der Waals surface area contributed by atoms with Gasteiger partial charge in [0, 0.05) is 30.8 Å². The fraction of sp³-hybridized carbons (Fsp3) is 0.375. The predicted octanol–water partition coefficient (Wildman–Crippen LogP) is 5.18. The van der Waals surface area contributed by atoms with E-state index in [4.69, 9.17) is 4.98 Å². The smallest absolute Gasteiger partial charge is 0.254 e. The minimum absolute atomic E-state index is 0.0343. The minimum Gasteiger partial charge on any atom is -0.329 e. The van der Waals surface area contributed by atoms with Crippen LogP contribution in [-0.2, 0) is 4.79 Å². The molecule has 6 heteroatoms. The lowest BCUT2D eigenvalue weighted by atomic mass is 10.0. The third-order valence-electron chi connectivity index (χ3n) is 6.11. The SMILES string of the molecule is O=C1CCCCN1c1ccc(C(=O)N2CCCCC2c2nc3ccccc3s2)cc1. The summed E-state index contributed by atoms with van der Waals surface area (Å²) in [5.41, 5.74) is 2.57. The number of amides is 2. The van der Waals surface area contributed by atoms with E-state index in [1.807, 2.05) is 52.3 Å². The number of thiazole rings is 1. The van der Waals surface area contributed by atoms with Crippen molar-refractivity contribution < 1.29 is 9.59 Å². The lowest BCUT2D eigenvalue weighted by Gasteiger charge is -2.34. The number of carbonyl (C=O) groups excluding carboxylic acids is 2. The topological polar surface area (TPSA) is 53.5 Å². The van der Waals surface area contributed by atoms with E-state index in [0.29, 0.717) is 12.0 Å². The van der Waals surface area contributed by atoms with Crippen molar-refractivity contribution in [3.8, 4) is 0 Å². The molecule has 2 aliphatic heterocycles. The van der Waals surface area contributed by atoms with E-state index < -0.39 is 0 Å². The quantitative estimate of drug-likeness (QED) is 0.588. The molecule has 5 nitrogen and oxygen atoms in total. The van der Waals surface area contributed by atoms with E-state index in [1.54, 1.807) is 11.3 Å². The van der Waals surface area contributed by atoms with Crippen LogP contribution in [0.4, 0.5) is 5.69 Å². The second kappa shape index (κ2) is 8.19. The van der Waals surface area contributed by atoms with Crippen LogP contribution in [0, 0.1) is 0 Å². The highest BCUT2D eigenvalue weighted by Crippen LogP contribution is 2.36. The van der Waals surface area contributed by atoms with Gasteiger partial charge in [-0.25, -0.2) is 4.98 Å². The number of rotatable bonds is 3. The Kier molecular flexibility index (Phi) is 5.25. The molecule has 2 aliphatic rings. The number of para-hydroxylation sites is 1. The molecule has 2 aromatic carbocycles. The number of aromatic nitrogens is 1. The molecule has 0 N–H and O–H groups in total. The van der Waals surface area contributed by atoms with Crippen molar-refractivity contribution in [1.82, 2.24) is 9.88 Å². The molecule has 1 aromatic heterocycles. The van der Waals surface area contributed by atoms with Gasteiger partial charge in [-0.2, -0.15) is 0 Å². The standard InChI is InChI=1S/C24H25N3O2S/c28-22-10-4-6-15-26(22)18-13-11-17(12-14-18)24(29)27-16-5-3-8-20(27)23-25-19-7-1-2-9-21(19)30-23/h1-2,7,9,11-14,20H,3-6,8,10,15-16H2. The molecule has 2 amide bonds. The molecule has 1 unspecified atom stereocenters. The van der Waals surface area contributed by atoms with E-state index in [-0.39, 0.29) is 17.9 Å². The summed E-state index contributed by atoms with van der Waals surface area (Å²) in [7, 11) is 0. The molecular formula is C24H25N3O2S. The monoisotopic (exact) mass is 419 g/mol. The Morgan fingerprint density at radius 3 is 2.57 bits per heavy atom. The first kappa shape index (κ1) is 19.2. The van der Waals surface area contributed by atoms with Crippen molar-refractivity contribution in [2.24, 2.45) is 0 Å². The molecule has 0 aliphatic carbocycles. The van der Waals surface area contributed by atoms with Gasteiger partial charge in [0.2, 0.25) is 5.91 Å². The van der Waals surface area contributed by atoms with Crippen LogP contribution in [-0.4, -0.2) is 34.8 Å². The first-order chi connectivity index (χ1) is 14.7. The highest BCUT2D eigenvalue weighted by Gasteiger charge is 2.31. The Balaban J connectivity index is 1.38. The van der Waals surface area contributed by atoms with Crippen LogP contribution in [0.25, 0.3) is 10.2 Å². The Morgan fingerprint density at radius 2 is 1.77 bits per heavy atom. The van der Waals surface area contributed by atoms with Crippen LogP contribution < -0.4 is 4.90 Å². The summed E-state index contributed by atoms with van der Waals surface area (Å²) >= 11 is 1.69. The number of piperidine rings is 2. The fourth-order valence-electron chi connectivity index (χ4n) is 4.49. The molecule has 0 bridgehead atoms. The summed E-state index contributed by atoms with van der Waals surface area (Å²) in [6.07, 6.45) is 5.69. The van der Waals surface area contributed by atoms with Crippen LogP contribution in [0.2, 0.25) is 0 Å². The van der Waals surface area contributed by atoms with Gasteiger partial charge in [-0.05, 0) is 68.5 Å². The maximum Gasteiger partial charge on any atom is 0.254 e. The summed E-state index contributed by atoms with van der Waals surface area (Å²) in [6, 6.07) is 15.7. The van der Waals surface area contributed by atoms with Gasteiger partial charge in [0.1, 0.15) is 5.01 Å². The molecule has 154 valence electrons. The number of carbonyl (C=O) groups is 2. The first-order valence-corrected chi connectivity index (χ1v) is 11.6. The molecule has 2 fully saturated rings. The lowest BCUT2D eigenvalue weighted by Crippen LogP contribution is -2.38. The number of benzene rings is 2. The van der Waals surface area contributed by atoms with Crippen molar-refractivity contribution in [3.05, 3.63) is 59.1 Å². The summed E-state index contributed by atoms with van der Waals surface area (Å²) < 4.78 is 1.17. The van der Waals surface area contributed by atoms with Gasteiger partial charge >= 0.3 is 0 Å². The first-order valence-electron chi connectivity index (χ1n) is 10.8. The molecule has 2 saturated heterocycles. The largest absolute Gasteiger partial charge is 0.329 e. The summed E-state index contributed by atoms with van der Waals surface area (Å²) in [5.74, 6) is 0.225. The average Bonchev–Trinajstić information content (AvgIpc) is 3.23. The van der Waals surface area contributed by atoms with E-state index in [0.717, 1.165) is 61.4 Å². The number of hydrogen-bond donors (Lipinski definition) is 0. The highest BCUT2D eigenvalue weighted by atomic mass is 32.1. The van der Waals surface area contributed by atoms with Gasteiger partial charge in [0.15, 0.2) is 0 Å². The number of anilines is 1. The van der Waals surface area contributed by atoms with Crippen molar-refractivity contribution in [1.29, 1.82) is 0 Å². The van der Waals surface area contributed by atoms with E-state index in [9.17, 15) is 9.59 Å². The molecule has 3 aromatic rings. The van der Waals surface area contributed by atoms with Gasteiger partial charge in [-0.3, -0.25) is 9.59 Å². The van der Waals surface area contributed by atoms with Crippen LogP contribution in [0.15, 0.2) is 48.5 Å². The van der Waals surface area contributed by atoms with Gasteiger partial charge in [-0.15, -0.1) is 11.3 Å². The molecule has 1 atom stereocenters. The van der Waals surface area contributed by atoms with Crippen molar-refractivity contribution >= 4 is 39.1 Å². The second-order valence-electron chi connectivity index (χ2n) is 8.08. The van der Waals surface area contributed by atoms with Gasteiger partial charge in [0.25, 0.3) is 5.91 Å². The third kappa shape index (κ3) is 3.60. The summed E-state index contributed by atoms with van der Waals surface area (Å²) in [5, 5.41) is 1.03. The molecular weight excluding hydrogens is 394 g/mol. The van der Waals surface area contributed by atoms with Gasteiger partial charge < -0.3 is 9.80 Å². The summed E-state index contributed by atoms with van der Waals surface area (Å²) in [4.78, 5) is 34.2. The van der Waals surface area contributed by atoms with Crippen LogP contribution in [0.5, 0.6) is 0 Å². The average molecular weight is 420 g/mol. The Hall–Kier alpha value is -2.73. The maximum absolute atomic E-state index is 13.4. The fourth-order valence-corrected chi connectivity index (χ4v) is 5.61. The molecule has 0 spiro atoms. The van der Waals surface area contributed by atoms with E-state index >= 15 is 0 Å². The van der Waals surface area contributed by atoms with Crippen LogP contribution >= 0.6 is 11.3 Å². The Labute approximate surface area is 180 Å². The van der Waals surface area contributed by atoms with Gasteiger partial charge in [0.05, 0.1) is 16.3 Å². The number of likely N-dealkylation sites (tertiary alicyclic amines) is 1. The normalized spacial score (nSPS) is 20.0. The van der Waals surface area contributed by atoms with Gasteiger partial charge in [-0.1, -0.05) is 12.1 Å². The Bertz CT molecular complexity index is 1040. The minimum atomic E-state index is 0.0343. The van der Waals surface area contributed by atoms with Crippen LogP contribution in [0.1, 0.15) is 59.9 Å². The molecule has 3 heterocycles. The number of hydrogen-bond acceptors (Lipinski definition) is 4. The van der Waals surface area contributed by atoms with E-state index in [1.165, 1.54) is 4.70 Å². The van der Waals surface area contributed by atoms with Crippen molar-refractivity contribution in [2.75, 3.05) is 18.0 Å². The van der Waals surface area contributed by atoms with Crippen molar-refractivity contribution in [3.63, 3.8) is 0 Å². The Morgan fingerprint density at radius 1 is 0.967 bits per heavy atom. The maximum atomic E-state index is 13.4. The summed E-state index contributed by atoms with van der Waals surface area (Å²) in [6.45, 7) is 1.52. The zero-order chi connectivity index (χ0) is 20.5. The third-order valence-corrected chi connectivity index (χ3v) is 7.25. The van der Waals surface area contributed by atoms with Crippen LogP contribution in [0.3, 0.4) is 0 Å². The molecule has 30 heavy (non-hydrogen) atoms. The lowest BCUT2D eigenvalue weighted by molar-refractivity contribution is -0.119.